The number of sulfone groups is 1. The number of hydrogen-bond acceptors (Lipinski definition) is 5. The lowest BCUT2D eigenvalue weighted by Gasteiger charge is -2.41. The van der Waals surface area contributed by atoms with Gasteiger partial charge in [0.2, 0.25) is 0 Å². The maximum atomic E-state index is 11.5. The minimum absolute atomic E-state index is 0. The van der Waals surface area contributed by atoms with Crippen LogP contribution in [0.4, 0.5) is 0 Å². The molecule has 0 aliphatic carbocycles. The molecule has 2 rings (SSSR count). The molecule has 0 atom stereocenters. The van der Waals surface area contributed by atoms with E-state index in [1.807, 2.05) is 0 Å². The zero-order chi connectivity index (χ0) is 18.3. The molecular formula is C17H36IN5O2S. The Labute approximate surface area is 176 Å². The molecule has 0 aromatic rings. The number of nitrogens with zero attached hydrogens (tertiary/aromatic N) is 3. The maximum absolute atomic E-state index is 11.5. The van der Waals surface area contributed by atoms with Crippen LogP contribution in [-0.2, 0) is 9.84 Å². The van der Waals surface area contributed by atoms with Crippen LogP contribution in [0.2, 0.25) is 0 Å². The van der Waals surface area contributed by atoms with Gasteiger partial charge in [0, 0.05) is 45.3 Å². The molecule has 0 amide bonds. The van der Waals surface area contributed by atoms with Gasteiger partial charge >= 0.3 is 0 Å². The quantitative estimate of drug-likeness (QED) is 0.318. The van der Waals surface area contributed by atoms with Gasteiger partial charge in [-0.15, -0.1) is 24.0 Å². The Bertz CT molecular complexity index is 533. The molecule has 0 saturated carbocycles. The van der Waals surface area contributed by atoms with Crippen LogP contribution in [0, 0.1) is 0 Å². The highest BCUT2D eigenvalue weighted by Gasteiger charge is 2.28. The van der Waals surface area contributed by atoms with Crippen molar-refractivity contribution in [2.24, 2.45) is 4.99 Å². The summed E-state index contributed by atoms with van der Waals surface area (Å²) in [4.78, 5) is 9.06. The third-order valence-corrected chi connectivity index (χ3v) is 6.89. The molecule has 0 bridgehead atoms. The normalized spacial score (nSPS) is 22.5. The Balaban J connectivity index is 0.00000338. The van der Waals surface area contributed by atoms with Crippen LogP contribution >= 0.6 is 24.0 Å². The topological polar surface area (TPSA) is 77.0 Å². The van der Waals surface area contributed by atoms with Crippen LogP contribution in [0.1, 0.15) is 33.1 Å². The van der Waals surface area contributed by atoms with E-state index in [-0.39, 0.29) is 41.0 Å². The van der Waals surface area contributed by atoms with Crippen molar-refractivity contribution >= 4 is 39.8 Å². The lowest BCUT2D eigenvalue weighted by Crippen LogP contribution is -2.55. The van der Waals surface area contributed by atoms with Crippen molar-refractivity contribution in [3.05, 3.63) is 0 Å². The van der Waals surface area contributed by atoms with Gasteiger partial charge in [-0.2, -0.15) is 0 Å². The second-order valence-electron chi connectivity index (χ2n) is 7.71. The van der Waals surface area contributed by atoms with E-state index in [2.05, 4.69) is 39.3 Å². The second kappa shape index (κ2) is 11.0. The molecule has 9 heteroatoms. The molecule has 0 radical (unpaired) electrons. The number of hydrogen-bond donors (Lipinski definition) is 2. The summed E-state index contributed by atoms with van der Waals surface area (Å²) in [6.45, 7) is 10.7. The number of guanidine groups is 1. The minimum Gasteiger partial charge on any atom is -0.355 e. The molecule has 7 nitrogen and oxygen atoms in total. The number of rotatable bonds is 6. The van der Waals surface area contributed by atoms with E-state index in [0.717, 1.165) is 25.6 Å². The van der Waals surface area contributed by atoms with Gasteiger partial charge in [0.1, 0.15) is 0 Å². The summed E-state index contributed by atoms with van der Waals surface area (Å²) in [5, 5.41) is 6.78. The average molecular weight is 501 g/mol. The number of nitrogens with one attached hydrogen (secondary N) is 2. The van der Waals surface area contributed by atoms with Gasteiger partial charge in [0.25, 0.3) is 0 Å². The Morgan fingerprint density at radius 1 is 1.04 bits per heavy atom. The molecule has 2 fully saturated rings. The van der Waals surface area contributed by atoms with Crippen LogP contribution in [0.5, 0.6) is 0 Å². The predicted octanol–water partition coefficient (Wildman–Crippen LogP) is 0.764. The fourth-order valence-electron chi connectivity index (χ4n) is 3.44. The highest BCUT2D eigenvalue weighted by Crippen LogP contribution is 2.19. The van der Waals surface area contributed by atoms with Crippen molar-refractivity contribution in [1.29, 1.82) is 0 Å². The number of aliphatic imine (C=N–C) groups is 1. The highest BCUT2D eigenvalue weighted by atomic mass is 127. The van der Waals surface area contributed by atoms with Crippen molar-refractivity contribution in [2.45, 2.75) is 38.6 Å². The summed E-state index contributed by atoms with van der Waals surface area (Å²) in [5.74, 6) is 1.38. The molecule has 154 valence electrons. The summed E-state index contributed by atoms with van der Waals surface area (Å²) in [6.07, 6.45) is 3.94. The van der Waals surface area contributed by atoms with E-state index < -0.39 is 9.84 Å². The first kappa shape index (κ1) is 23.9. The van der Waals surface area contributed by atoms with Gasteiger partial charge in [0.15, 0.2) is 15.8 Å². The molecule has 2 saturated heterocycles. The Hall–Kier alpha value is -0.130. The molecule has 2 heterocycles. The van der Waals surface area contributed by atoms with Crippen LogP contribution < -0.4 is 10.6 Å². The standard InChI is InChI=1S/C17H35N5O2S.HI/c1-17(2,22-8-5-4-6-9-22)15-20-16(18-3)19-7-10-21-11-13-25(23,24)14-12-21;/h4-15H2,1-3H3,(H2,18,19,20);1H. The number of halogens is 1. The summed E-state index contributed by atoms with van der Waals surface area (Å²) in [5.41, 5.74) is 0.110. The predicted molar refractivity (Wildman–Crippen MR) is 119 cm³/mol. The van der Waals surface area contributed by atoms with E-state index >= 15 is 0 Å². The van der Waals surface area contributed by atoms with E-state index in [1.165, 1.54) is 32.4 Å². The molecule has 0 spiro atoms. The van der Waals surface area contributed by atoms with Crippen molar-refractivity contribution in [3.63, 3.8) is 0 Å². The second-order valence-corrected chi connectivity index (χ2v) is 10.0. The smallest absolute Gasteiger partial charge is 0.191 e. The first-order valence-electron chi connectivity index (χ1n) is 9.45. The molecule has 0 unspecified atom stereocenters. The van der Waals surface area contributed by atoms with E-state index in [1.54, 1.807) is 7.05 Å². The Morgan fingerprint density at radius 2 is 1.65 bits per heavy atom. The number of likely N-dealkylation sites (tertiary alicyclic amines) is 1. The molecule has 26 heavy (non-hydrogen) atoms. The van der Waals surface area contributed by atoms with Gasteiger partial charge in [-0.25, -0.2) is 8.42 Å². The fourth-order valence-corrected chi connectivity index (χ4v) is 4.71. The zero-order valence-corrected chi connectivity index (χ0v) is 19.6. The Kier molecular flexibility index (Phi) is 10.1. The van der Waals surface area contributed by atoms with Crippen LogP contribution in [0.25, 0.3) is 0 Å². The molecular weight excluding hydrogens is 465 g/mol. The summed E-state index contributed by atoms with van der Waals surface area (Å²) in [7, 11) is -1.01. The summed E-state index contributed by atoms with van der Waals surface area (Å²) in [6, 6.07) is 0. The third kappa shape index (κ3) is 7.85. The minimum atomic E-state index is -2.80. The molecule has 0 aromatic carbocycles. The van der Waals surface area contributed by atoms with Crippen molar-refractivity contribution in [3.8, 4) is 0 Å². The third-order valence-electron chi connectivity index (χ3n) is 5.28. The first-order chi connectivity index (χ1) is 11.8. The maximum Gasteiger partial charge on any atom is 0.191 e. The van der Waals surface area contributed by atoms with Gasteiger partial charge in [0.05, 0.1) is 11.5 Å². The van der Waals surface area contributed by atoms with Crippen LogP contribution in [0.15, 0.2) is 4.99 Å². The average Bonchev–Trinajstić information content (AvgIpc) is 2.60. The van der Waals surface area contributed by atoms with E-state index in [4.69, 9.17) is 0 Å². The van der Waals surface area contributed by atoms with E-state index in [9.17, 15) is 8.42 Å². The fraction of sp³-hybridized carbons (Fsp3) is 0.941. The summed E-state index contributed by atoms with van der Waals surface area (Å²) >= 11 is 0. The molecule has 2 N–H and O–H groups in total. The lowest BCUT2D eigenvalue weighted by molar-refractivity contribution is 0.0982. The van der Waals surface area contributed by atoms with Crippen molar-refractivity contribution < 1.29 is 8.42 Å². The number of piperidine rings is 1. The molecule has 2 aliphatic heterocycles. The first-order valence-corrected chi connectivity index (χ1v) is 11.3. The van der Waals surface area contributed by atoms with Crippen LogP contribution in [-0.4, -0.2) is 94.1 Å². The van der Waals surface area contributed by atoms with Crippen molar-refractivity contribution in [2.75, 3.05) is 64.4 Å². The highest BCUT2D eigenvalue weighted by molar-refractivity contribution is 14.0. The largest absolute Gasteiger partial charge is 0.355 e. The van der Waals surface area contributed by atoms with Gasteiger partial charge in [-0.05, 0) is 39.8 Å². The molecule has 2 aliphatic rings. The van der Waals surface area contributed by atoms with Gasteiger partial charge in [-0.3, -0.25) is 14.8 Å². The Morgan fingerprint density at radius 3 is 2.23 bits per heavy atom. The monoisotopic (exact) mass is 501 g/mol. The van der Waals surface area contributed by atoms with E-state index in [0.29, 0.717) is 13.1 Å². The van der Waals surface area contributed by atoms with Crippen molar-refractivity contribution in [1.82, 2.24) is 20.4 Å². The van der Waals surface area contributed by atoms with Gasteiger partial charge in [-0.1, -0.05) is 6.42 Å². The zero-order valence-electron chi connectivity index (χ0n) is 16.5. The van der Waals surface area contributed by atoms with Gasteiger partial charge < -0.3 is 10.6 Å². The lowest BCUT2D eigenvalue weighted by atomic mass is 9.98. The summed E-state index contributed by atoms with van der Waals surface area (Å²) < 4.78 is 22.9. The molecule has 0 aromatic heterocycles. The van der Waals surface area contributed by atoms with Crippen LogP contribution in [0.3, 0.4) is 0 Å². The SMILES string of the molecule is CN=C(NCCN1CCS(=O)(=O)CC1)NCC(C)(C)N1CCCCC1.I.